The van der Waals surface area contributed by atoms with Crippen molar-refractivity contribution >= 4 is 28.4 Å². The SMILES string of the molecule is O=C(Cl)C12CC(c3ccccc31)c1ccc(Cl)cc12. The van der Waals surface area contributed by atoms with Gasteiger partial charge in [0.2, 0.25) is 5.24 Å². The quantitative estimate of drug-likeness (QED) is 0.718. The molecule has 0 N–H and O–H groups in total. The summed E-state index contributed by atoms with van der Waals surface area (Å²) in [4.78, 5) is 12.2. The minimum atomic E-state index is -0.691. The molecule has 2 aromatic rings. The molecule has 19 heavy (non-hydrogen) atoms. The molecule has 0 aromatic heterocycles. The third-order valence-electron chi connectivity index (χ3n) is 4.49. The predicted molar refractivity (Wildman–Crippen MR) is 76.0 cm³/mol. The van der Waals surface area contributed by atoms with Gasteiger partial charge >= 0.3 is 0 Å². The van der Waals surface area contributed by atoms with Gasteiger partial charge in [0.15, 0.2) is 0 Å². The first-order chi connectivity index (χ1) is 9.14. The fourth-order valence-electron chi connectivity index (χ4n) is 3.74. The van der Waals surface area contributed by atoms with Gasteiger partial charge in [-0.05, 0) is 52.4 Å². The van der Waals surface area contributed by atoms with Crippen molar-refractivity contribution in [3.8, 4) is 0 Å². The summed E-state index contributed by atoms with van der Waals surface area (Å²) in [5, 5.41) is 0.351. The fraction of sp³-hybridized carbons (Fsp3) is 0.188. The highest BCUT2D eigenvalue weighted by molar-refractivity contribution is 6.66. The number of fused-ring (bicyclic) bond motifs is 8. The second-order valence-electron chi connectivity index (χ2n) is 5.25. The minimum Gasteiger partial charge on any atom is -0.280 e. The maximum atomic E-state index is 12.2. The molecule has 0 saturated heterocycles. The molecule has 0 heterocycles. The van der Waals surface area contributed by atoms with E-state index in [2.05, 4.69) is 6.07 Å². The molecule has 2 unspecified atom stereocenters. The molecule has 2 bridgehead atoms. The van der Waals surface area contributed by atoms with E-state index in [0.29, 0.717) is 5.02 Å². The maximum Gasteiger partial charge on any atom is 0.236 e. The van der Waals surface area contributed by atoms with Crippen LogP contribution in [-0.2, 0) is 10.2 Å². The van der Waals surface area contributed by atoms with E-state index in [1.165, 1.54) is 11.1 Å². The molecule has 0 amide bonds. The molecule has 1 nitrogen and oxygen atoms in total. The van der Waals surface area contributed by atoms with Crippen LogP contribution in [0.5, 0.6) is 0 Å². The van der Waals surface area contributed by atoms with Crippen LogP contribution in [0.15, 0.2) is 42.5 Å². The first-order valence-electron chi connectivity index (χ1n) is 6.24. The van der Waals surface area contributed by atoms with Gasteiger partial charge in [-0.1, -0.05) is 41.9 Å². The topological polar surface area (TPSA) is 17.1 Å². The van der Waals surface area contributed by atoms with Crippen molar-refractivity contribution in [1.82, 2.24) is 0 Å². The molecule has 2 atom stereocenters. The first kappa shape index (κ1) is 11.5. The number of benzene rings is 2. The lowest BCUT2D eigenvalue weighted by molar-refractivity contribution is -0.115. The Labute approximate surface area is 121 Å². The van der Waals surface area contributed by atoms with Gasteiger partial charge in [0.25, 0.3) is 0 Å². The summed E-state index contributed by atoms with van der Waals surface area (Å²) in [5.41, 5.74) is 3.77. The highest BCUT2D eigenvalue weighted by Crippen LogP contribution is 2.61. The Bertz CT molecular complexity index is 722. The monoisotopic (exact) mass is 288 g/mol. The number of rotatable bonds is 1. The molecule has 94 valence electrons. The molecule has 0 saturated carbocycles. The lowest BCUT2D eigenvalue weighted by Crippen LogP contribution is -2.30. The third-order valence-corrected chi connectivity index (χ3v) is 5.05. The Morgan fingerprint density at radius 3 is 2.63 bits per heavy atom. The van der Waals surface area contributed by atoms with Crippen molar-refractivity contribution in [2.75, 3.05) is 0 Å². The Hall–Kier alpha value is -1.31. The van der Waals surface area contributed by atoms with Crippen molar-refractivity contribution < 1.29 is 4.79 Å². The Kier molecular flexibility index (Phi) is 2.19. The maximum absolute atomic E-state index is 12.2. The number of carbonyl (C=O) groups is 1. The Balaban J connectivity index is 2.10. The largest absolute Gasteiger partial charge is 0.280 e. The zero-order valence-electron chi connectivity index (χ0n) is 9.99. The molecule has 0 spiro atoms. The summed E-state index contributed by atoms with van der Waals surface area (Å²) in [5.74, 6) is 0.270. The van der Waals surface area contributed by atoms with Gasteiger partial charge in [-0.15, -0.1) is 0 Å². The third kappa shape index (κ3) is 1.25. The summed E-state index contributed by atoms with van der Waals surface area (Å²) in [6.45, 7) is 0. The van der Waals surface area contributed by atoms with E-state index in [4.69, 9.17) is 23.2 Å². The van der Waals surface area contributed by atoms with E-state index in [1.54, 1.807) is 0 Å². The molecular weight excluding hydrogens is 279 g/mol. The normalized spacial score (nSPS) is 26.1. The summed E-state index contributed by atoms with van der Waals surface area (Å²) < 4.78 is 0. The molecule has 3 heteroatoms. The molecular formula is C16H10Cl2O. The van der Waals surface area contributed by atoms with Crippen LogP contribution in [0.25, 0.3) is 0 Å². The van der Waals surface area contributed by atoms with Gasteiger partial charge in [0.1, 0.15) is 0 Å². The van der Waals surface area contributed by atoms with Crippen molar-refractivity contribution in [3.05, 3.63) is 69.7 Å². The second kappa shape index (κ2) is 3.62. The van der Waals surface area contributed by atoms with Crippen molar-refractivity contribution in [2.24, 2.45) is 0 Å². The summed E-state index contributed by atoms with van der Waals surface area (Å²) in [6, 6.07) is 13.9. The highest BCUT2D eigenvalue weighted by atomic mass is 35.5. The minimum absolute atomic E-state index is 0.270. The predicted octanol–water partition coefficient (Wildman–Crippen LogP) is 4.24. The van der Waals surface area contributed by atoms with Crippen LogP contribution in [0.2, 0.25) is 5.02 Å². The Morgan fingerprint density at radius 1 is 1.11 bits per heavy atom. The van der Waals surface area contributed by atoms with E-state index in [-0.39, 0.29) is 11.2 Å². The molecule has 4 rings (SSSR count). The van der Waals surface area contributed by atoms with Crippen molar-refractivity contribution in [1.29, 1.82) is 0 Å². The summed E-state index contributed by atoms with van der Waals surface area (Å²) in [7, 11) is 0. The molecule has 0 aliphatic heterocycles. The van der Waals surface area contributed by atoms with Gasteiger partial charge in [-0.3, -0.25) is 4.79 Å². The van der Waals surface area contributed by atoms with Crippen LogP contribution in [0.3, 0.4) is 0 Å². The standard InChI is InChI=1S/C16H10Cl2O/c17-9-5-6-11-12-8-16(15(18)19,14(11)7-9)13-4-2-1-3-10(12)13/h1-7,12H,8H2. The van der Waals surface area contributed by atoms with Crippen molar-refractivity contribution in [3.63, 3.8) is 0 Å². The van der Waals surface area contributed by atoms with Crippen LogP contribution in [0.4, 0.5) is 0 Å². The smallest absolute Gasteiger partial charge is 0.236 e. The lowest BCUT2D eigenvalue weighted by Gasteiger charge is -2.27. The fourth-order valence-corrected chi connectivity index (χ4v) is 4.19. The van der Waals surface area contributed by atoms with Gasteiger partial charge in [0.05, 0.1) is 5.41 Å². The van der Waals surface area contributed by atoms with E-state index < -0.39 is 5.41 Å². The van der Waals surface area contributed by atoms with Gasteiger partial charge in [-0.25, -0.2) is 0 Å². The van der Waals surface area contributed by atoms with Crippen LogP contribution in [0.1, 0.15) is 34.6 Å². The zero-order valence-corrected chi connectivity index (χ0v) is 11.5. The van der Waals surface area contributed by atoms with Crippen LogP contribution < -0.4 is 0 Å². The lowest BCUT2D eigenvalue weighted by atomic mass is 9.76. The summed E-state index contributed by atoms with van der Waals surface area (Å²) in [6.07, 6.45) is 0.740. The van der Waals surface area contributed by atoms with Gasteiger partial charge in [-0.2, -0.15) is 0 Å². The van der Waals surface area contributed by atoms with Crippen LogP contribution >= 0.6 is 23.2 Å². The molecule has 2 aromatic carbocycles. The average molecular weight is 289 g/mol. The molecule has 2 aliphatic rings. The average Bonchev–Trinajstić information content (AvgIpc) is 2.92. The zero-order chi connectivity index (χ0) is 13.2. The van der Waals surface area contributed by atoms with Crippen LogP contribution in [-0.4, -0.2) is 5.24 Å². The number of hydrogen-bond acceptors (Lipinski definition) is 1. The van der Waals surface area contributed by atoms with Gasteiger partial charge in [0, 0.05) is 10.9 Å². The number of carbonyl (C=O) groups excluding carboxylic acids is 1. The highest BCUT2D eigenvalue weighted by Gasteiger charge is 2.56. The van der Waals surface area contributed by atoms with E-state index in [0.717, 1.165) is 17.5 Å². The number of hydrogen-bond donors (Lipinski definition) is 0. The van der Waals surface area contributed by atoms with E-state index in [1.807, 2.05) is 36.4 Å². The molecule has 2 aliphatic carbocycles. The molecule has 0 fully saturated rings. The molecule has 0 radical (unpaired) electrons. The first-order valence-corrected chi connectivity index (χ1v) is 6.99. The van der Waals surface area contributed by atoms with Gasteiger partial charge < -0.3 is 0 Å². The second-order valence-corrected chi connectivity index (χ2v) is 6.03. The van der Waals surface area contributed by atoms with Crippen LogP contribution in [0, 0.1) is 0 Å². The van der Waals surface area contributed by atoms with E-state index in [9.17, 15) is 4.79 Å². The van der Waals surface area contributed by atoms with Crippen molar-refractivity contribution in [2.45, 2.75) is 17.8 Å². The Morgan fingerprint density at radius 2 is 1.84 bits per heavy atom. The summed E-state index contributed by atoms with van der Waals surface area (Å²) >= 11 is 12.1. The number of halogens is 2. The van der Waals surface area contributed by atoms with E-state index >= 15 is 0 Å².